The van der Waals surface area contributed by atoms with Crippen LogP contribution in [0.3, 0.4) is 0 Å². The minimum absolute atomic E-state index is 0.167. The molecule has 0 amide bonds. The molecule has 0 aromatic rings. The van der Waals surface area contributed by atoms with Crippen molar-refractivity contribution >= 4 is 38.7 Å². The molecule has 2 nitrogen and oxygen atoms in total. The highest BCUT2D eigenvalue weighted by atomic mass is 35.5. The topological polar surface area (TPSA) is 37.3 Å². The summed E-state index contributed by atoms with van der Waals surface area (Å²) in [5.74, 6) is -0.722. The van der Waals surface area contributed by atoms with Crippen molar-refractivity contribution in [2.24, 2.45) is 0 Å². The molecule has 0 aliphatic rings. The Morgan fingerprint density at radius 1 is 1.45 bits per heavy atom. The molecule has 0 fully saturated rings. The van der Waals surface area contributed by atoms with E-state index in [0.717, 1.165) is 18.9 Å². The maximum Gasteiger partial charge on any atom is 0.303 e. The lowest BCUT2D eigenvalue weighted by Crippen LogP contribution is -2.01. The molecule has 0 aromatic carbocycles. The number of aliphatic carboxylic acids is 1. The average Bonchev–Trinajstić information content (AvgIpc) is 1.85. The summed E-state index contributed by atoms with van der Waals surface area (Å²) in [5, 5.41) is 8.28. The lowest BCUT2D eigenvalue weighted by atomic mass is 10.2. The zero-order chi connectivity index (χ0) is 8.69. The van der Waals surface area contributed by atoms with Crippen molar-refractivity contribution in [3.63, 3.8) is 0 Å². The van der Waals surface area contributed by atoms with Crippen LogP contribution in [0.5, 0.6) is 0 Å². The lowest BCUT2D eigenvalue weighted by Gasteiger charge is -1.98. The van der Waals surface area contributed by atoms with Gasteiger partial charge in [-0.05, 0) is 6.42 Å². The number of carboxylic acids is 1. The maximum absolute atomic E-state index is 10.1. The first-order chi connectivity index (χ1) is 5.13. The number of hydrogen-bond donors (Lipinski definition) is 1. The number of alkyl halides is 2. The first kappa shape index (κ1) is 11.3. The summed E-state index contributed by atoms with van der Waals surface area (Å²) >= 11 is 11.1. The summed E-state index contributed by atoms with van der Waals surface area (Å²) in [6, 6.07) is 1.05. The van der Waals surface area contributed by atoms with Crippen molar-refractivity contribution in [3.8, 4) is 0 Å². The molecule has 0 unspecified atom stereocenters. The van der Waals surface area contributed by atoms with Crippen LogP contribution in [0.2, 0.25) is 6.04 Å². The Bertz CT molecular complexity index is 119. The van der Waals surface area contributed by atoms with E-state index < -0.39 is 5.97 Å². The maximum atomic E-state index is 10.1. The molecule has 0 rings (SSSR count). The third-order valence-electron chi connectivity index (χ3n) is 1.31. The Morgan fingerprint density at radius 2 is 2.09 bits per heavy atom. The molecule has 0 saturated heterocycles. The Kier molecular flexibility index (Phi) is 7.11. The van der Waals surface area contributed by atoms with Gasteiger partial charge in [0.05, 0.1) is 14.0 Å². The van der Waals surface area contributed by atoms with Crippen molar-refractivity contribution in [1.82, 2.24) is 0 Å². The lowest BCUT2D eigenvalue weighted by molar-refractivity contribution is -0.137. The average molecular weight is 215 g/mol. The summed E-state index contributed by atoms with van der Waals surface area (Å²) in [5.41, 5.74) is 0. The Balaban J connectivity index is 2.97. The van der Waals surface area contributed by atoms with Crippen LogP contribution in [-0.2, 0) is 4.79 Å². The second-order valence-corrected chi connectivity index (χ2v) is 6.80. The summed E-state index contributed by atoms with van der Waals surface area (Å²) < 4.78 is -0.167. The van der Waals surface area contributed by atoms with E-state index >= 15 is 0 Å². The number of halogens is 2. The van der Waals surface area contributed by atoms with E-state index in [2.05, 4.69) is 0 Å². The van der Waals surface area contributed by atoms with E-state index in [0.29, 0.717) is 0 Å². The minimum atomic E-state index is -0.722. The predicted octanol–water partition coefficient (Wildman–Crippen LogP) is 1.59. The molecular formula is C6H12Cl2O2Si. The second kappa shape index (κ2) is 6.95. The highest BCUT2D eigenvalue weighted by molar-refractivity contribution is 6.68. The second-order valence-electron chi connectivity index (χ2n) is 2.38. The summed E-state index contributed by atoms with van der Waals surface area (Å²) in [4.78, 5) is 10.1. The quantitative estimate of drug-likeness (QED) is 0.415. The number of hydrogen-bond acceptors (Lipinski definition) is 1. The molecule has 11 heavy (non-hydrogen) atoms. The fourth-order valence-electron chi connectivity index (χ4n) is 0.752. The van der Waals surface area contributed by atoms with Crippen LogP contribution in [-0.4, -0.2) is 25.1 Å². The number of unbranched alkanes of at least 4 members (excludes halogenated alkanes) is 1. The van der Waals surface area contributed by atoms with Crippen LogP contribution in [0.15, 0.2) is 0 Å². The molecule has 0 bridgehead atoms. The van der Waals surface area contributed by atoms with E-state index in [-0.39, 0.29) is 20.4 Å². The van der Waals surface area contributed by atoms with E-state index in [1.807, 2.05) is 0 Å². The molecule has 0 atom stereocenters. The van der Waals surface area contributed by atoms with Crippen LogP contribution in [0.25, 0.3) is 0 Å². The Labute approximate surface area is 78.7 Å². The van der Waals surface area contributed by atoms with Crippen LogP contribution >= 0.6 is 23.2 Å². The summed E-state index contributed by atoms with van der Waals surface area (Å²) in [6.07, 6.45) is 1.97. The van der Waals surface area contributed by atoms with Crippen LogP contribution in [0.4, 0.5) is 0 Å². The van der Waals surface area contributed by atoms with Gasteiger partial charge in [0.2, 0.25) is 0 Å². The zero-order valence-electron chi connectivity index (χ0n) is 6.22. The van der Waals surface area contributed by atoms with Crippen molar-refractivity contribution in [2.75, 3.05) is 0 Å². The van der Waals surface area contributed by atoms with Gasteiger partial charge in [-0.1, -0.05) is 12.5 Å². The summed E-state index contributed by atoms with van der Waals surface area (Å²) in [6.45, 7) is 0. The van der Waals surface area contributed by atoms with Gasteiger partial charge < -0.3 is 5.11 Å². The monoisotopic (exact) mass is 214 g/mol. The molecule has 0 heterocycles. The molecule has 0 radical (unpaired) electrons. The molecule has 0 aliphatic carbocycles. The van der Waals surface area contributed by atoms with Gasteiger partial charge in [0, 0.05) is 6.42 Å². The molecular weight excluding hydrogens is 203 g/mol. The van der Waals surface area contributed by atoms with Crippen molar-refractivity contribution in [2.45, 2.75) is 29.8 Å². The number of carboxylic acid groups (broad SMARTS) is 1. The van der Waals surface area contributed by atoms with Crippen LogP contribution in [0, 0.1) is 0 Å². The van der Waals surface area contributed by atoms with Gasteiger partial charge in [-0.15, -0.1) is 23.2 Å². The SMILES string of the molecule is O=C(O)CCCC[SiH2]C(Cl)Cl. The fourth-order valence-corrected chi connectivity index (χ4v) is 2.63. The third kappa shape index (κ3) is 10.3. The van der Waals surface area contributed by atoms with Gasteiger partial charge >= 0.3 is 5.97 Å². The molecule has 0 saturated carbocycles. The van der Waals surface area contributed by atoms with Crippen molar-refractivity contribution < 1.29 is 9.90 Å². The van der Waals surface area contributed by atoms with Gasteiger partial charge in [0.15, 0.2) is 0 Å². The molecule has 5 heteroatoms. The predicted molar refractivity (Wildman–Crippen MR) is 50.3 cm³/mol. The number of carbonyl (C=O) groups is 1. The van der Waals surface area contributed by atoms with E-state index in [1.165, 1.54) is 0 Å². The van der Waals surface area contributed by atoms with E-state index in [4.69, 9.17) is 28.3 Å². The number of rotatable bonds is 6. The fraction of sp³-hybridized carbons (Fsp3) is 0.833. The van der Waals surface area contributed by atoms with Crippen LogP contribution in [0.1, 0.15) is 19.3 Å². The molecule has 0 aromatic heterocycles. The third-order valence-corrected chi connectivity index (χ3v) is 3.97. The minimum Gasteiger partial charge on any atom is -0.481 e. The molecule has 1 N–H and O–H groups in total. The molecule has 0 spiro atoms. The Hall–Kier alpha value is 0.267. The van der Waals surface area contributed by atoms with E-state index in [1.54, 1.807) is 0 Å². The van der Waals surface area contributed by atoms with Crippen molar-refractivity contribution in [1.29, 1.82) is 0 Å². The highest BCUT2D eigenvalue weighted by Crippen LogP contribution is 2.06. The van der Waals surface area contributed by atoms with Crippen molar-refractivity contribution in [3.05, 3.63) is 0 Å². The summed E-state index contributed by atoms with van der Waals surface area (Å²) in [7, 11) is -0.361. The van der Waals surface area contributed by atoms with Gasteiger partial charge in [-0.25, -0.2) is 0 Å². The zero-order valence-corrected chi connectivity index (χ0v) is 9.15. The smallest absolute Gasteiger partial charge is 0.303 e. The van der Waals surface area contributed by atoms with E-state index in [9.17, 15) is 4.79 Å². The van der Waals surface area contributed by atoms with Crippen LogP contribution < -0.4 is 0 Å². The largest absolute Gasteiger partial charge is 0.481 e. The van der Waals surface area contributed by atoms with Gasteiger partial charge in [-0.2, -0.15) is 0 Å². The Morgan fingerprint density at radius 3 is 2.55 bits per heavy atom. The standard InChI is InChI=1S/C6H12Cl2O2Si/c7-6(8)11-4-2-1-3-5(9)10/h6H,1-4,11H2,(H,9,10). The first-order valence-electron chi connectivity index (χ1n) is 3.63. The van der Waals surface area contributed by atoms with Gasteiger partial charge in [0.1, 0.15) is 0 Å². The van der Waals surface area contributed by atoms with Gasteiger partial charge in [0.25, 0.3) is 0 Å². The molecule has 0 aliphatic heterocycles. The normalized spacial score (nSPS) is 11.5. The first-order valence-corrected chi connectivity index (χ1v) is 6.32. The highest BCUT2D eigenvalue weighted by Gasteiger charge is 2.00. The molecule has 66 valence electrons. The van der Waals surface area contributed by atoms with Gasteiger partial charge in [-0.3, -0.25) is 4.79 Å².